The van der Waals surface area contributed by atoms with E-state index in [1.54, 1.807) is 13.0 Å². The Balaban J connectivity index is 2.48. The Labute approximate surface area is 113 Å². The number of rotatable bonds is 5. The van der Waals surface area contributed by atoms with Gasteiger partial charge < -0.3 is 10.4 Å². The molecule has 3 N–H and O–H groups in total. The minimum Gasteiger partial charge on any atom is -0.477 e. The van der Waals surface area contributed by atoms with Gasteiger partial charge in [-0.2, -0.15) is 0 Å². The highest BCUT2D eigenvalue weighted by Gasteiger charge is 2.09. The fourth-order valence-electron chi connectivity index (χ4n) is 1.13. The largest absolute Gasteiger partial charge is 0.477 e. The second kappa shape index (κ2) is 7.37. The van der Waals surface area contributed by atoms with Gasteiger partial charge >= 0.3 is 12.0 Å². The molecule has 3 amide bonds. The number of carbonyl (C=O) groups is 3. The lowest BCUT2D eigenvalue weighted by molar-refractivity contribution is -0.117. The number of carboxylic acids is 1. The number of thioether (sulfide) groups is 1. The van der Waals surface area contributed by atoms with Gasteiger partial charge in [0.2, 0.25) is 5.91 Å². The first-order valence-corrected chi connectivity index (χ1v) is 6.41. The van der Waals surface area contributed by atoms with Gasteiger partial charge in [-0.05, 0) is 19.1 Å². The highest BCUT2D eigenvalue weighted by atomic mass is 32.2. The summed E-state index contributed by atoms with van der Waals surface area (Å²) in [4.78, 5) is 37.4. The van der Waals surface area contributed by atoms with E-state index in [0.717, 1.165) is 11.8 Å². The Morgan fingerprint density at radius 2 is 2.16 bits per heavy atom. The van der Waals surface area contributed by atoms with E-state index >= 15 is 0 Å². The van der Waals surface area contributed by atoms with Crippen LogP contribution in [-0.2, 0) is 4.79 Å². The van der Waals surface area contributed by atoms with Crippen molar-refractivity contribution in [2.24, 2.45) is 0 Å². The monoisotopic (exact) mass is 283 g/mol. The van der Waals surface area contributed by atoms with E-state index < -0.39 is 17.9 Å². The summed E-state index contributed by atoms with van der Waals surface area (Å²) < 4.78 is 0. The number of aromatic nitrogens is 1. The Morgan fingerprint density at radius 3 is 2.79 bits per heavy atom. The van der Waals surface area contributed by atoms with Crippen LogP contribution < -0.4 is 10.6 Å². The van der Waals surface area contributed by atoms with Gasteiger partial charge in [-0.15, -0.1) is 11.8 Å². The fourth-order valence-corrected chi connectivity index (χ4v) is 1.86. The minimum atomic E-state index is -1.13. The van der Waals surface area contributed by atoms with E-state index in [2.05, 4.69) is 15.6 Å². The van der Waals surface area contributed by atoms with Crippen LogP contribution in [0.3, 0.4) is 0 Å². The van der Waals surface area contributed by atoms with Gasteiger partial charge in [0.15, 0.2) is 0 Å². The van der Waals surface area contributed by atoms with Gasteiger partial charge in [-0.3, -0.25) is 10.1 Å². The lowest BCUT2D eigenvalue weighted by Gasteiger charge is -2.04. The number of urea groups is 1. The molecule has 0 bridgehead atoms. The van der Waals surface area contributed by atoms with Crippen molar-refractivity contribution < 1.29 is 19.5 Å². The number of nitrogens with one attached hydrogen (secondary N) is 2. The first-order chi connectivity index (χ1) is 9.02. The molecule has 0 spiro atoms. The summed E-state index contributed by atoms with van der Waals surface area (Å²) in [7, 11) is 0. The number of pyridine rings is 1. The fraction of sp³-hybridized carbons (Fsp3) is 0.273. The van der Waals surface area contributed by atoms with Crippen LogP contribution in [0, 0.1) is 0 Å². The lowest BCUT2D eigenvalue weighted by Crippen LogP contribution is -2.40. The second-order valence-corrected chi connectivity index (χ2v) is 4.43. The molecule has 1 heterocycles. The van der Waals surface area contributed by atoms with Crippen LogP contribution in [0.15, 0.2) is 23.2 Å². The molecular formula is C11H13N3O4S. The van der Waals surface area contributed by atoms with E-state index in [4.69, 9.17) is 5.11 Å². The van der Waals surface area contributed by atoms with Crippen LogP contribution >= 0.6 is 11.8 Å². The average Bonchev–Trinajstić information content (AvgIpc) is 2.37. The van der Waals surface area contributed by atoms with Crippen LogP contribution in [0.25, 0.3) is 0 Å². The first kappa shape index (κ1) is 15.0. The molecular weight excluding hydrogens is 270 g/mol. The van der Waals surface area contributed by atoms with Gasteiger partial charge in [-0.25, -0.2) is 14.6 Å². The van der Waals surface area contributed by atoms with Crippen molar-refractivity contribution in [1.82, 2.24) is 15.6 Å². The van der Waals surface area contributed by atoms with E-state index in [-0.39, 0.29) is 11.4 Å². The van der Waals surface area contributed by atoms with Crippen LogP contribution in [0.4, 0.5) is 4.79 Å². The molecule has 1 aromatic heterocycles. The molecule has 0 aliphatic carbocycles. The molecule has 19 heavy (non-hydrogen) atoms. The van der Waals surface area contributed by atoms with E-state index in [0.29, 0.717) is 11.4 Å². The summed E-state index contributed by atoms with van der Waals surface area (Å²) in [6, 6.07) is 2.41. The molecule has 0 saturated heterocycles. The number of imide groups is 1. The summed E-state index contributed by atoms with van der Waals surface area (Å²) in [5.74, 6) is -1.57. The topological polar surface area (TPSA) is 108 Å². The lowest BCUT2D eigenvalue weighted by atomic mass is 10.3. The third-order valence-corrected chi connectivity index (χ3v) is 2.90. The summed E-state index contributed by atoms with van der Waals surface area (Å²) in [5.41, 5.74) is -0.0888. The number of nitrogens with zero attached hydrogens (tertiary/aromatic N) is 1. The zero-order valence-electron chi connectivity index (χ0n) is 10.2. The van der Waals surface area contributed by atoms with Gasteiger partial charge in [0.1, 0.15) is 5.69 Å². The molecule has 8 heteroatoms. The van der Waals surface area contributed by atoms with Crippen molar-refractivity contribution in [3.63, 3.8) is 0 Å². The van der Waals surface area contributed by atoms with E-state index in [9.17, 15) is 14.4 Å². The first-order valence-electron chi connectivity index (χ1n) is 5.42. The molecule has 0 aliphatic rings. The number of carboxylic acid groups (broad SMARTS) is 1. The zero-order chi connectivity index (χ0) is 14.3. The van der Waals surface area contributed by atoms with Crippen LogP contribution in [0.5, 0.6) is 0 Å². The van der Waals surface area contributed by atoms with Crippen molar-refractivity contribution >= 4 is 29.7 Å². The van der Waals surface area contributed by atoms with Crippen molar-refractivity contribution in [2.45, 2.75) is 11.8 Å². The summed E-state index contributed by atoms with van der Waals surface area (Å²) >= 11 is 1.12. The molecule has 7 nitrogen and oxygen atoms in total. The maximum Gasteiger partial charge on any atom is 0.354 e. The van der Waals surface area contributed by atoms with Crippen LogP contribution in [0.2, 0.25) is 0 Å². The van der Waals surface area contributed by atoms with Crippen molar-refractivity contribution in [2.75, 3.05) is 12.3 Å². The van der Waals surface area contributed by atoms with Crippen molar-refractivity contribution in [3.8, 4) is 0 Å². The summed E-state index contributed by atoms with van der Waals surface area (Å²) in [6.07, 6.45) is 1.35. The Bertz CT molecular complexity index is 493. The second-order valence-electron chi connectivity index (χ2n) is 3.38. The predicted molar refractivity (Wildman–Crippen MR) is 69.1 cm³/mol. The molecule has 0 unspecified atom stereocenters. The Morgan fingerprint density at radius 1 is 1.42 bits per heavy atom. The van der Waals surface area contributed by atoms with Gasteiger partial charge in [0.25, 0.3) is 0 Å². The molecule has 0 aromatic carbocycles. The third kappa shape index (κ3) is 5.38. The Kier molecular flexibility index (Phi) is 5.80. The summed E-state index contributed by atoms with van der Waals surface area (Å²) in [5, 5.41) is 13.3. The highest BCUT2D eigenvalue weighted by molar-refractivity contribution is 8.00. The normalized spacial score (nSPS) is 9.74. The molecule has 1 rings (SSSR count). The molecule has 102 valence electrons. The minimum absolute atomic E-state index is 0.0141. The average molecular weight is 283 g/mol. The maximum absolute atomic E-state index is 11.4. The van der Waals surface area contributed by atoms with E-state index in [1.807, 2.05) is 0 Å². The molecule has 0 atom stereocenters. The standard InChI is InChI=1S/C11H13N3O4S/c1-2-12-11(18)14-9(15)6-19-7-3-4-13-8(5-7)10(16)17/h3-5H,2,6H2,1H3,(H,16,17)(H2,12,14,15,18). The van der Waals surface area contributed by atoms with Gasteiger partial charge in [0.05, 0.1) is 5.75 Å². The smallest absolute Gasteiger partial charge is 0.354 e. The molecule has 0 fully saturated rings. The molecule has 0 radical (unpaired) electrons. The SMILES string of the molecule is CCNC(=O)NC(=O)CSc1ccnc(C(=O)O)c1. The summed E-state index contributed by atoms with van der Waals surface area (Å²) in [6.45, 7) is 2.17. The van der Waals surface area contributed by atoms with Crippen LogP contribution in [0.1, 0.15) is 17.4 Å². The highest BCUT2D eigenvalue weighted by Crippen LogP contribution is 2.17. The quantitative estimate of drug-likeness (QED) is 0.687. The third-order valence-electron chi connectivity index (χ3n) is 1.91. The molecule has 0 aliphatic heterocycles. The Hall–Kier alpha value is -2.09. The number of amides is 3. The zero-order valence-corrected chi connectivity index (χ0v) is 11.0. The number of hydrogen-bond acceptors (Lipinski definition) is 5. The maximum atomic E-state index is 11.4. The van der Waals surface area contributed by atoms with E-state index in [1.165, 1.54) is 12.3 Å². The number of aromatic carboxylic acids is 1. The predicted octanol–water partition coefficient (Wildman–Crippen LogP) is 0.718. The molecule has 0 saturated carbocycles. The van der Waals surface area contributed by atoms with Crippen molar-refractivity contribution in [1.29, 1.82) is 0 Å². The molecule has 1 aromatic rings. The number of carbonyl (C=O) groups excluding carboxylic acids is 2. The number of hydrogen-bond donors (Lipinski definition) is 3. The van der Waals surface area contributed by atoms with Gasteiger partial charge in [0, 0.05) is 17.6 Å². The van der Waals surface area contributed by atoms with Gasteiger partial charge in [-0.1, -0.05) is 0 Å². The van der Waals surface area contributed by atoms with Crippen molar-refractivity contribution in [3.05, 3.63) is 24.0 Å². The van der Waals surface area contributed by atoms with Crippen LogP contribution in [-0.4, -0.2) is 40.3 Å².